The Hall–Kier alpha value is -3.60. The third-order valence-corrected chi connectivity index (χ3v) is 5.73. The molecule has 1 heterocycles. The summed E-state index contributed by atoms with van der Waals surface area (Å²) in [4.78, 5) is 17.5. The highest BCUT2D eigenvalue weighted by Crippen LogP contribution is 2.22. The standard InChI is InChI=1S/C27H29N3O2/c1-19-14-15-23(18-20(19)2)32-17-9-16-30-25-13-8-7-12-24(25)29-26(30)21(3)28-27(31)22-10-5-4-6-11-22/h4-8,10-15,18,21H,9,16-17H2,1-3H3,(H,28,31). The van der Waals surface area contributed by atoms with E-state index in [1.165, 1.54) is 11.1 Å². The molecule has 0 radical (unpaired) electrons. The summed E-state index contributed by atoms with van der Waals surface area (Å²) in [6, 6.07) is 23.3. The van der Waals surface area contributed by atoms with E-state index in [1.807, 2.05) is 61.5 Å². The summed E-state index contributed by atoms with van der Waals surface area (Å²) in [5.74, 6) is 1.64. The molecule has 0 saturated heterocycles. The van der Waals surface area contributed by atoms with Crippen molar-refractivity contribution in [1.29, 1.82) is 0 Å². The van der Waals surface area contributed by atoms with Crippen LogP contribution in [0.3, 0.4) is 0 Å². The number of rotatable bonds is 8. The van der Waals surface area contributed by atoms with Crippen LogP contribution in [-0.4, -0.2) is 22.1 Å². The molecule has 5 heteroatoms. The summed E-state index contributed by atoms with van der Waals surface area (Å²) >= 11 is 0. The van der Waals surface area contributed by atoms with Gasteiger partial charge in [-0.2, -0.15) is 0 Å². The van der Waals surface area contributed by atoms with Gasteiger partial charge in [0.2, 0.25) is 0 Å². The SMILES string of the molecule is Cc1ccc(OCCCn2c(C(C)NC(=O)c3ccccc3)nc3ccccc32)cc1C. The molecular formula is C27H29N3O2. The van der Waals surface area contributed by atoms with Gasteiger partial charge < -0.3 is 14.6 Å². The number of benzene rings is 3. The van der Waals surface area contributed by atoms with Crippen LogP contribution in [0.4, 0.5) is 0 Å². The Bertz CT molecular complexity index is 1210. The molecule has 0 aliphatic heterocycles. The molecule has 0 spiro atoms. The van der Waals surface area contributed by atoms with Crippen LogP contribution in [0, 0.1) is 13.8 Å². The highest BCUT2D eigenvalue weighted by atomic mass is 16.5. The summed E-state index contributed by atoms with van der Waals surface area (Å²) in [5.41, 5.74) is 5.13. The van der Waals surface area contributed by atoms with Crippen molar-refractivity contribution in [2.24, 2.45) is 0 Å². The smallest absolute Gasteiger partial charge is 0.251 e. The number of hydrogen-bond acceptors (Lipinski definition) is 3. The van der Waals surface area contributed by atoms with Crippen molar-refractivity contribution < 1.29 is 9.53 Å². The predicted octanol–water partition coefficient (Wildman–Crippen LogP) is 5.61. The Kier molecular flexibility index (Phi) is 6.55. The van der Waals surface area contributed by atoms with E-state index in [1.54, 1.807) is 0 Å². The van der Waals surface area contributed by atoms with Crippen molar-refractivity contribution >= 4 is 16.9 Å². The molecule has 1 amide bonds. The summed E-state index contributed by atoms with van der Waals surface area (Å²) in [6.07, 6.45) is 0.833. The lowest BCUT2D eigenvalue weighted by Gasteiger charge is -2.17. The largest absolute Gasteiger partial charge is 0.494 e. The fraction of sp³-hybridized carbons (Fsp3) is 0.259. The van der Waals surface area contributed by atoms with Crippen molar-refractivity contribution in [1.82, 2.24) is 14.9 Å². The molecule has 4 aromatic rings. The van der Waals surface area contributed by atoms with E-state index in [-0.39, 0.29) is 11.9 Å². The molecule has 1 atom stereocenters. The van der Waals surface area contributed by atoms with Gasteiger partial charge in [-0.3, -0.25) is 4.79 Å². The molecule has 32 heavy (non-hydrogen) atoms. The van der Waals surface area contributed by atoms with Gasteiger partial charge in [-0.15, -0.1) is 0 Å². The third kappa shape index (κ3) is 4.83. The number of aromatic nitrogens is 2. The molecular weight excluding hydrogens is 398 g/mol. The second kappa shape index (κ2) is 9.69. The zero-order valence-corrected chi connectivity index (χ0v) is 18.8. The van der Waals surface area contributed by atoms with Crippen molar-refractivity contribution in [2.75, 3.05) is 6.61 Å². The zero-order chi connectivity index (χ0) is 22.5. The van der Waals surface area contributed by atoms with Crippen molar-refractivity contribution in [3.05, 3.63) is 95.3 Å². The zero-order valence-electron chi connectivity index (χ0n) is 18.8. The average Bonchev–Trinajstić information content (AvgIpc) is 3.18. The molecule has 164 valence electrons. The number of amides is 1. The van der Waals surface area contributed by atoms with Crippen LogP contribution < -0.4 is 10.1 Å². The molecule has 3 aromatic carbocycles. The van der Waals surface area contributed by atoms with E-state index in [0.717, 1.165) is 35.6 Å². The first kappa shape index (κ1) is 21.6. The van der Waals surface area contributed by atoms with Crippen LogP contribution in [0.2, 0.25) is 0 Å². The number of ether oxygens (including phenoxy) is 1. The highest BCUT2D eigenvalue weighted by Gasteiger charge is 2.19. The molecule has 5 nitrogen and oxygen atoms in total. The molecule has 0 aliphatic carbocycles. The molecule has 0 fully saturated rings. The van der Waals surface area contributed by atoms with Gasteiger partial charge in [0.1, 0.15) is 11.6 Å². The first-order valence-corrected chi connectivity index (χ1v) is 11.0. The molecule has 1 N–H and O–H groups in total. The van der Waals surface area contributed by atoms with Crippen LogP contribution in [0.15, 0.2) is 72.8 Å². The Morgan fingerprint density at radius 1 is 1.00 bits per heavy atom. The number of nitrogens with one attached hydrogen (secondary N) is 1. The Morgan fingerprint density at radius 3 is 2.53 bits per heavy atom. The molecule has 0 saturated carbocycles. The van der Waals surface area contributed by atoms with Crippen LogP contribution in [0.1, 0.15) is 46.7 Å². The average molecular weight is 428 g/mol. The number of imidazole rings is 1. The Labute approximate surface area is 189 Å². The third-order valence-electron chi connectivity index (χ3n) is 5.73. The van der Waals surface area contributed by atoms with Crippen LogP contribution in [0.25, 0.3) is 11.0 Å². The molecule has 4 rings (SSSR count). The summed E-state index contributed by atoms with van der Waals surface area (Å²) in [7, 11) is 0. The summed E-state index contributed by atoms with van der Waals surface area (Å²) < 4.78 is 8.16. The topological polar surface area (TPSA) is 56.1 Å². The normalized spacial score (nSPS) is 12.0. The van der Waals surface area contributed by atoms with Crippen molar-refractivity contribution in [2.45, 2.75) is 39.8 Å². The highest BCUT2D eigenvalue weighted by molar-refractivity contribution is 5.94. The number of carbonyl (C=O) groups excluding carboxylic acids is 1. The molecule has 1 unspecified atom stereocenters. The fourth-order valence-electron chi connectivity index (χ4n) is 3.81. The predicted molar refractivity (Wildman–Crippen MR) is 128 cm³/mol. The molecule has 0 bridgehead atoms. The maximum atomic E-state index is 12.7. The van der Waals surface area contributed by atoms with E-state index >= 15 is 0 Å². The minimum absolute atomic E-state index is 0.102. The van der Waals surface area contributed by atoms with E-state index in [2.05, 4.69) is 41.9 Å². The van der Waals surface area contributed by atoms with Gasteiger partial charge >= 0.3 is 0 Å². The van der Waals surface area contributed by atoms with Gasteiger partial charge in [-0.1, -0.05) is 36.4 Å². The van der Waals surface area contributed by atoms with Crippen molar-refractivity contribution in [3.8, 4) is 5.75 Å². The van der Waals surface area contributed by atoms with Crippen molar-refractivity contribution in [3.63, 3.8) is 0 Å². The van der Waals surface area contributed by atoms with Gasteiger partial charge in [0, 0.05) is 12.1 Å². The summed E-state index contributed by atoms with van der Waals surface area (Å²) in [5, 5.41) is 3.09. The van der Waals surface area contributed by atoms with Gasteiger partial charge in [-0.25, -0.2) is 4.98 Å². The minimum atomic E-state index is -0.226. The number of aryl methyl sites for hydroxylation is 3. The maximum absolute atomic E-state index is 12.7. The van der Waals surface area contributed by atoms with Crippen LogP contribution >= 0.6 is 0 Å². The van der Waals surface area contributed by atoms with Crippen LogP contribution in [-0.2, 0) is 6.54 Å². The second-order valence-electron chi connectivity index (χ2n) is 8.12. The number of nitrogens with zero attached hydrogens (tertiary/aromatic N) is 2. The minimum Gasteiger partial charge on any atom is -0.494 e. The maximum Gasteiger partial charge on any atom is 0.251 e. The van der Waals surface area contributed by atoms with Crippen LogP contribution in [0.5, 0.6) is 5.75 Å². The Balaban J connectivity index is 1.47. The lowest BCUT2D eigenvalue weighted by Crippen LogP contribution is -2.28. The van der Waals surface area contributed by atoms with E-state index in [9.17, 15) is 4.79 Å². The lowest BCUT2D eigenvalue weighted by atomic mass is 10.1. The van der Waals surface area contributed by atoms with Gasteiger partial charge in [-0.05, 0) is 74.7 Å². The summed E-state index contributed by atoms with van der Waals surface area (Å²) in [6.45, 7) is 7.54. The molecule has 0 aliphatic rings. The lowest BCUT2D eigenvalue weighted by molar-refractivity contribution is 0.0937. The first-order chi connectivity index (χ1) is 15.5. The fourth-order valence-corrected chi connectivity index (χ4v) is 3.81. The quantitative estimate of drug-likeness (QED) is 0.372. The van der Waals surface area contributed by atoms with Gasteiger partial charge in [0.25, 0.3) is 5.91 Å². The number of fused-ring (bicyclic) bond motifs is 1. The number of hydrogen-bond donors (Lipinski definition) is 1. The van der Waals surface area contributed by atoms with Gasteiger partial charge in [0.15, 0.2) is 0 Å². The first-order valence-electron chi connectivity index (χ1n) is 11.0. The van der Waals surface area contributed by atoms with E-state index in [4.69, 9.17) is 9.72 Å². The second-order valence-corrected chi connectivity index (χ2v) is 8.12. The number of carbonyl (C=O) groups is 1. The number of para-hydroxylation sites is 2. The van der Waals surface area contributed by atoms with E-state index < -0.39 is 0 Å². The Morgan fingerprint density at radius 2 is 1.75 bits per heavy atom. The monoisotopic (exact) mass is 427 g/mol. The molecule has 1 aromatic heterocycles. The van der Waals surface area contributed by atoms with Gasteiger partial charge in [0.05, 0.1) is 23.7 Å². The van der Waals surface area contributed by atoms with E-state index in [0.29, 0.717) is 12.2 Å².